The monoisotopic (exact) mass is 297 g/mol. The fourth-order valence-electron chi connectivity index (χ4n) is 1.70. The highest BCUT2D eigenvalue weighted by atomic mass is 35.5. The minimum Gasteiger partial charge on any atom is -0.348 e. The van der Waals surface area contributed by atoms with Crippen molar-refractivity contribution in [1.29, 1.82) is 0 Å². The van der Waals surface area contributed by atoms with E-state index in [2.05, 4.69) is 15.6 Å². The number of carbonyl (C=O) groups excluding carboxylic acids is 1. The van der Waals surface area contributed by atoms with E-state index in [1.54, 1.807) is 17.5 Å². The van der Waals surface area contributed by atoms with Gasteiger partial charge in [-0.25, -0.2) is 4.98 Å². The van der Waals surface area contributed by atoms with E-state index in [4.69, 9.17) is 0 Å². The minimum absolute atomic E-state index is 0. The molecule has 1 amide bonds. The van der Waals surface area contributed by atoms with Gasteiger partial charge in [-0.2, -0.15) is 0 Å². The maximum atomic E-state index is 11.7. The Morgan fingerprint density at radius 1 is 1.53 bits per heavy atom. The van der Waals surface area contributed by atoms with E-state index < -0.39 is 0 Å². The number of thiazole rings is 1. The lowest BCUT2D eigenvalue weighted by Crippen LogP contribution is -2.46. The van der Waals surface area contributed by atoms with Crippen LogP contribution in [0, 0.1) is 0 Å². The SMILES string of the molecule is Cl.Cl.O=C(NCc1nccs1)C1CCCCN1. The van der Waals surface area contributed by atoms with Crippen molar-refractivity contribution in [3.8, 4) is 0 Å². The van der Waals surface area contributed by atoms with Gasteiger partial charge in [-0.1, -0.05) is 6.42 Å². The van der Waals surface area contributed by atoms with Crippen LogP contribution in [0.25, 0.3) is 0 Å². The molecule has 1 aromatic rings. The summed E-state index contributed by atoms with van der Waals surface area (Å²) in [6, 6.07) is -0.00119. The van der Waals surface area contributed by atoms with Gasteiger partial charge < -0.3 is 10.6 Å². The third-order valence-corrected chi connectivity index (χ3v) is 3.30. The summed E-state index contributed by atoms with van der Waals surface area (Å²) < 4.78 is 0. The average molecular weight is 298 g/mol. The molecule has 0 aliphatic carbocycles. The zero-order chi connectivity index (χ0) is 10.5. The van der Waals surface area contributed by atoms with Gasteiger partial charge in [0.1, 0.15) is 5.01 Å². The van der Waals surface area contributed by atoms with E-state index in [-0.39, 0.29) is 36.8 Å². The maximum absolute atomic E-state index is 11.7. The zero-order valence-corrected chi connectivity index (χ0v) is 11.8. The number of amides is 1. The molecule has 1 aliphatic heterocycles. The lowest BCUT2D eigenvalue weighted by atomic mass is 10.0. The predicted octanol–water partition coefficient (Wildman–Crippen LogP) is 1.75. The molecule has 0 aromatic carbocycles. The smallest absolute Gasteiger partial charge is 0.237 e. The summed E-state index contributed by atoms with van der Waals surface area (Å²) in [5, 5.41) is 9.00. The number of piperidine rings is 1. The van der Waals surface area contributed by atoms with Crippen LogP contribution in [0.3, 0.4) is 0 Å². The number of hydrogen-bond acceptors (Lipinski definition) is 4. The lowest BCUT2D eigenvalue weighted by molar-refractivity contribution is -0.123. The first-order valence-electron chi connectivity index (χ1n) is 5.26. The number of aromatic nitrogens is 1. The Kier molecular flexibility index (Phi) is 8.51. The van der Waals surface area contributed by atoms with Crippen molar-refractivity contribution in [2.75, 3.05) is 6.54 Å². The first-order valence-corrected chi connectivity index (χ1v) is 6.14. The molecule has 2 heterocycles. The highest BCUT2D eigenvalue weighted by molar-refractivity contribution is 7.09. The van der Waals surface area contributed by atoms with E-state index in [1.165, 1.54) is 6.42 Å². The van der Waals surface area contributed by atoms with Gasteiger partial charge in [0.15, 0.2) is 0 Å². The van der Waals surface area contributed by atoms with E-state index in [0.29, 0.717) is 6.54 Å². The third kappa shape index (κ3) is 5.21. The molecule has 1 saturated heterocycles. The van der Waals surface area contributed by atoms with Crippen molar-refractivity contribution in [3.05, 3.63) is 16.6 Å². The molecule has 4 nitrogen and oxygen atoms in total. The van der Waals surface area contributed by atoms with Gasteiger partial charge in [0.25, 0.3) is 0 Å². The molecule has 1 aliphatic rings. The molecule has 2 rings (SSSR count). The van der Waals surface area contributed by atoms with Gasteiger partial charge >= 0.3 is 0 Å². The molecule has 7 heteroatoms. The molecule has 1 atom stereocenters. The van der Waals surface area contributed by atoms with Gasteiger partial charge in [0.05, 0.1) is 12.6 Å². The van der Waals surface area contributed by atoms with Gasteiger partial charge in [0, 0.05) is 11.6 Å². The first kappa shape index (κ1) is 16.6. The fourth-order valence-corrected chi connectivity index (χ4v) is 2.26. The Labute approximate surface area is 117 Å². The second-order valence-electron chi connectivity index (χ2n) is 3.65. The summed E-state index contributed by atoms with van der Waals surface area (Å²) in [6.07, 6.45) is 5.02. The number of nitrogens with zero attached hydrogens (tertiary/aromatic N) is 1. The van der Waals surface area contributed by atoms with Crippen molar-refractivity contribution < 1.29 is 4.79 Å². The summed E-state index contributed by atoms with van der Waals surface area (Å²) in [4.78, 5) is 15.8. The summed E-state index contributed by atoms with van der Waals surface area (Å²) in [5.41, 5.74) is 0. The van der Waals surface area contributed by atoms with Crippen molar-refractivity contribution in [1.82, 2.24) is 15.6 Å². The molecule has 0 bridgehead atoms. The van der Waals surface area contributed by atoms with Gasteiger partial charge in [-0.3, -0.25) is 4.79 Å². The van der Waals surface area contributed by atoms with Crippen molar-refractivity contribution >= 4 is 42.1 Å². The van der Waals surface area contributed by atoms with Crippen LogP contribution in [0.4, 0.5) is 0 Å². The van der Waals surface area contributed by atoms with Crippen molar-refractivity contribution in [3.63, 3.8) is 0 Å². The number of carbonyl (C=O) groups is 1. The predicted molar refractivity (Wildman–Crippen MR) is 74.1 cm³/mol. The van der Waals surface area contributed by atoms with E-state index in [0.717, 1.165) is 24.4 Å². The summed E-state index contributed by atoms with van der Waals surface area (Å²) in [7, 11) is 0. The Morgan fingerprint density at radius 2 is 2.35 bits per heavy atom. The second-order valence-corrected chi connectivity index (χ2v) is 4.63. The first-order chi connectivity index (χ1) is 7.36. The number of hydrogen-bond donors (Lipinski definition) is 2. The van der Waals surface area contributed by atoms with Crippen molar-refractivity contribution in [2.45, 2.75) is 31.8 Å². The molecular weight excluding hydrogens is 281 g/mol. The van der Waals surface area contributed by atoms with Crippen LogP contribution in [0.15, 0.2) is 11.6 Å². The Balaban J connectivity index is 0.00000128. The molecule has 0 radical (unpaired) electrons. The minimum atomic E-state index is -0.00119. The standard InChI is InChI=1S/C10H15N3OS.2ClH/c14-10(8-3-1-2-4-11-8)13-7-9-12-5-6-15-9;;/h5-6,8,11H,1-4,7H2,(H,13,14);2*1H. The Morgan fingerprint density at radius 3 is 2.94 bits per heavy atom. The van der Waals surface area contributed by atoms with Crippen LogP contribution in [0.5, 0.6) is 0 Å². The number of nitrogens with one attached hydrogen (secondary N) is 2. The maximum Gasteiger partial charge on any atom is 0.237 e. The molecule has 1 fully saturated rings. The van der Waals surface area contributed by atoms with E-state index in [1.807, 2.05) is 5.38 Å². The molecule has 2 N–H and O–H groups in total. The molecule has 1 unspecified atom stereocenters. The highest BCUT2D eigenvalue weighted by Gasteiger charge is 2.19. The molecule has 0 saturated carbocycles. The lowest BCUT2D eigenvalue weighted by Gasteiger charge is -2.22. The highest BCUT2D eigenvalue weighted by Crippen LogP contribution is 2.08. The Hall–Kier alpha value is -0.360. The fraction of sp³-hybridized carbons (Fsp3) is 0.600. The average Bonchev–Trinajstić information content (AvgIpc) is 2.80. The van der Waals surface area contributed by atoms with Gasteiger partial charge in [-0.05, 0) is 19.4 Å². The topological polar surface area (TPSA) is 54.0 Å². The van der Waals surface area contributed by atoms with Gasteiger partial charge in [-0.15, -0.1) is 36.2 Å². The van der Waals surface area contributed by atoms with Crippen LogP contribution < -0.4 is 10.6 Å². The number of rotatable bonds is 3. The normalized spacial score (nSPS) is 18.7. The van der Waals surface area contributed by atoms with E-state index >= 15 is 0 Å². The van der Waals surface area contributed by atoms with Crippen LogP contribution in [0.2, 0.25) is 0 Å². The molecule has 1 aromatic heterocycles. The zero-order valence-electron chi connectivity index (χ0n) is 9.35. The molecule has 17 heavy (non-hydrogen) atoms. The summed E-state index contributed by atoms with van der Waals surface area (Å²) in [6.45, 7) is 1.50. The largest absolute Gasteiger partial charge is 0.348 e. The van der Waals surface area contributed by atoms with Crippen LogP contribution in [-0.2, 0) is 11.3 Å². The summed E-state index contributed by atoms with van der Waals surface area (Å²) in [5.74, 6) is 0.102. The third-order valence-electron chi connectivity index (χ3n) is 2.52. The molecule has 98 valence electrons. The molecule has 0 spiro atoms. The van der Waals surface area contributed by atoms with Crippen LogP contribution >= 0.6 is 36.2 Å². The number of halogens is 2. The van der Waals surface area contributed by atoms with Crippen molar-refractivity contribution in [2.24, 2.45) is 0 Å². The quantitative estimate of drug-likeness (QED) is 0.894. The van der Waals surface area contributed by atoms with Gasteiger partial charge in [0.2, 0.25) is 5.91 Å². The molecular formula is C10H17Cl2N3OS. The summed E-state index contributed by atoms with van der Waals surface area (Å²) >= 11 is 1.57. The second kappa shape index (κ2) is 8.69. The Bertz CT molecular complexity index is 315. The van der Waals surface area contributed by atoms with E-state index in [9.17, 15) is 4.79 Å². The van der Waals surface area contributed by atoms with Crippen LogP contribution in [-0.4, -0.2) is 23.5 Å². The van der Waals surface area contributed by atoms with Crippen LogP contribution in [0.1, 0.15) is 24.3 Å².